The number of hydrogen-bond acceptors (Lipinski definition) is 15. The van der Waals surface area contributed by atoms with Crippen LogP contribution in [0.4, 0.5) is 0 Å². The van der Waals surface area contributed by atoms with E-state index < -0.39 is 0 Å². The van der Waals surface area contributed by atoms with E-state index in [-0.39, 0.29) is 94.9 Å². The van der Waals surface area contributed by atoms with Gasteiger partial charge < -0.3 is 28.6 Å². The van der Waals surface area contributed by atoms with Gasteiger partial charge >= 0.3 is 0 Å². The third kappa shape index (κ3) is 20.4. The van der Waals surface area contributed by atoms with Crippen LogP contribution in [0.2, 0.25) is 0 Å². The molecule has 0 unspecified atom stereocenters. The fraction of sp³-hybridized carbons (Fsp3) is 0.0857. The number of aromatic nitrogens is 3. The number of aryl methyl sites for hydroxylation is 3. The van der Waals surface area contributed by atoms with Gasteiger partial charge in [0.2, 0.25) is 0 Å². The molecule has 0 fully saturated rings. The Morgan fingerprint density at radius 3 is 1.09 bits per heavy atom. The van der Waals surface area contributed by atoms with Crippen LogP contribution in [0.5, 0.6) is 0 Å². The Bertz CT molecular complexity index is 7230. The van der Waals surface area contributed by atoms with Gasteiger partial charge in [-0.25, -0.2) is 0 Å². The van der Waals surface area contributed by atoms with Gasteiger partial charge in [-0.3, -0.25) is 29.3 Å². The van der Waals surface area contributed by atoms with Gasteiger partial charge in [0.1, 0.15) is 31.2 Å². The second kappa shape index (κ2) is 40.6. The number of aliphatic hydroxyl groups is 3. The number of furan rings is 3. The third-order valence-corrected chi connectivity index (χ3v) is 23.3. The first-order valence-corrected chi connectivity index (χ1v) is 41.3. The molecule has 123 heavy (non-hydrogen) atoms. The largest absolute Gasteiger partial charge is 0.512 e. The van der Waals surface area contributed by atoms with Gasteiger partial charge in [-0.2, -0.15) is 0 Å². The summed E-state index contributed by atoms with van der Waals surface area (Å²) in [6.07, 6.45) is 3.50. The van der Waals surface area contributed by atoms with Crippen LogP contribution in [0.25, 0.3) is 184 Å². The van der Waals surface area contributed by atoms with E-state index in [2.05, 4.69) is 245 Å². The smallest absolute Gasteiger partial charge is 0.155 e. The quantitative estimate of drug-likeness (QED) is 0.0632. The number of carbonyl (C=O) groups excluding carboxylic acids is 3. The number of para-hydroxylation sites is 3. The molecule has 0 amide bonds. The third-order valence-electron chi connectivity index (χ3n) is 19.8. The van der Waals surface area contributed by atoms with E-state index in [9.17, 15) is 14.4 Å². The molecule has 0 aliphatic carbocycles. The maximum absolute atomic E-state index is 10.0. The molecule has 9 heterocycles. The second-order valence-corrected chi connectivity index (χ2v) is 31.9. The van der Waals surface area contributed by atoms with Crippen LogP contribution >= 0.6 is 34.0 Å². The first-order chi connectivity index (χ1) is 58.2. The Balaban J connectivity index is 0.000000149. The number of nitrogens with zero attached hydrogens (tertiary/aromatic N) is 3. The zero-order chi connectivity index (χ0) is 83.7. The number of fused-ring (bicyclic) bond motifs is 12. The number of allylic oxidation sites excluding steroid dienone is 6. The van der Waals surface area contributed by atoms with Crippen LogP contribution in [0.3, 0.4) is 0 Å². The van der Waals surface area contributed by atoms with Crippen molar-refractivity contribution in [3.8, 4) is 87.3 Å². The van der Waals surface area contributed by atoms with E-state index in [1.807, 2.05) is 78.9 Å². The topological polar surface area (TPSA) is 190 Å². The summed E-state index contributed by atoms with van der Waals surface area (Å²) in [6.45, 7) is 15.1. The van der Waals surface area contributed by atoms with Crippen molar-refractivity contribution in [3.63, 3.8) is 0 Å². The predicted molar refractivity (Wildman–Crippen MR) is 496 cm³/mol. The predicted octanol–water partition coefficient (Wildman–Crippen LogP) is 29.4. The summed E-state index contributed by atoms with van der Waals surface area (Å²) in [7, 11) is 0. The average Bonchev–Trinajstić information content (AvgIpc) is 1.61. The molecule has 11 aromatic carbocycles. The molecule has 0 bridgehead atoms. The fourth-order valence-corrected chi connectivity index (χ4v) is 18.1. The molecule has 0 atom stereocenters. The van der Waals surface area contributed by atoms with Crippen LogP contribution in [0.1, 0.15) is 58.2 Å². The molecule has 12 nitrogen and oxygen atoms in total. The van der Waals surface area contributed by atoms with Gasteiger partial charge in [0, 0.05) is 131 Å². The maximum atomic E-state index is 10.0. The molecule has 617 valence electrons. The first kappa shape index (κ1) is 90.0. The van der Waals surface area contributed by atoms with Crippen LogP contribution in [-0.4, -0.2) is 47.6 Å². The molecule has 0 spiro atoms. The normalized spacial score (nSPS) is 11.3. The van der Waals surface area contributed by atoms with Crippen molar-refractivity contribution in [3.05, 3.63) is 356 Å². The van der Waals surface area contributed by atoms with Gasteiger partial charge in [0.15, 0.2) is 17.3 Å². The van der Waals surface area contributed by atoms with Crippen LogP contribution < -0.4 is 0 Å². The summed E-state index contributed by atoms with van der Waals surface area (Å²) in [4.78, 5) is 52.0. The number of benzene rings is 11. The van der Waals surface area contributed by atoms with Crippen molar-refractivity contribution < 1.29 is 103 Å². The number of hydrogen-bond donors (Lipinski definition) is 3. The van der Waals surface area contributed by atoms with Gasteiger partial charge in [-0.1, -0.05) is 257 Å². The Kier molecular flexibility index (Phi) is 29.7. The molecule has 20 rings (SSSR count). The SMILES string of the molecule is CC(=O)C=C(C)O.CC(=O)C=C(C)O.CC(=O)C=C(C)O.Cc1c(-c2ccccc2)sc2nc(-c3[c-]ccc4c3oc3ccccc34)ccc12.Cc1cccc(C)c1-c1ccc(-c2cc3ccc(-c4[c-]ccc5c4oc4ccccc45)nc3s2)cc1.[Ir].[Ir].[Ir].[c-]1ccc2c(oc3ccccc32)c1-c1ccc2c(-c3ccccc3)c(-c3ccccc3)sc2n1. The van der Waals surface area contributed by atoms with Crippen LogP contribution in [-0.2, 0) is 74.7 Å². The molecule has 0 saturated carbocycles. The minimum absolute atomic E-state index is 0. The Labute approximate surface area is 764 Å². The van der Waals surface area contributed by atoms with E-state index in [1.54, 1.807) is 34.0 Å². The van der Waals surface area contributed by atoms with E-state index in [0.29, 0.717) is 0 Å². The van der Waals surface area contributed by atoms with E-state index in [0.717, 1.165) is 125 Å². The van der Waals surface area contributed by atoms with Crippen LogP contribution in [0.15, 0.2) is 334 Å². The number of aliphatic hydroxyl groups excluding tert-OH is 3. The average molecular weight is 2200 g/mol. The minimum atomic E-state index is -0.125. The van der Waals surface area contributed by atoms with Crippen LogP contribution in [0, 0.1) is 39.0 Å². The summed E-state index contributed by atoms with van der Waals surface area (Å²) in [5.74, 6) is -0.187. The number of ketones is 3. The Morgan fingerprint density at radius 2 is 0.675 bits per heavy atom. The fourth-order valence-electron chi connectivity index (χ4n) is 14.7. The van der Waals surface area contributed by atoms with E-state index in [1.165, 1.54) is 135 Å². The van der Waals surface area contributed by atoms with Crippen molar-refractivity contribution in [1.29, 1.82) is 0 Å². The summed E-state index contributed by atoms with van der Waals surface area (Å²) >= 11 is 5.20. The molecular weight excluding hydrogens is 2120 g/mol. The number of thiophene rings is 3. The molecule has 3 radical (unpaired) electrons. The van der Waals surface area contributed by atoms with Gasteiger partial charge in [0.25, 0.3) is 0 Å². The van der Waals surface area contributed by atoms with Gasteiger partial charge in [-0.05, 0) is 154 Å². The second-order valence-electron chi connectivity index (χ2n) is 28.9. The van der Waals surface area contributed by atoms with Gasteiger partial charge in [-0.15, -0.1) is 88.6 Å². The number of rotatable bonds is 11. The molecular formula is C105H80Ir3N3O9S3-3. The van der Waals surface area contributed by atoms with Crippen molar-refractivity contribution in [2.24, 2.45) is 0 Å². The van der Waals surface area contributed by atoms with Gasteiger partial charge in [0.05, 0.1) is 34.0 Å². The summed E-state index contributed by atoms with van der Waals surface area (Å²) in [5, 5.41) is 35.2. The van der Waals surface area contributed by atoms with E-state index >= 15 is 0 Å². The zero-order valence-corrected chi connectivity index (χ0v) is 77.9. The first-order valence-electron chi connectivity index (χ1n) is 38.9. The standard InChI is InChI=1S/C33H22NOS.C31H18NOS.C26H16NOS.3C5H8O2.3Ir/c1-20-7-5-8-21(2)31(20)23-15-13-22(14-16-23)30-19-24-17-18-28(34-33(24)36-30)27-11-6-10-26-25-9-3-4-12-29(25)35-32(26)27;1-3-10-20(11-4-1)28-25-18-19-26(32-31(25)34-30(28)21-12-5-2-6-13-21)24-16-9-15-23-22-14-7-8-17-27(22)33-29(23)24;1-16-18-14-15-22(27-26(18)29-25(16)17-8-3-2-4-9-17)21-12-7-11-20-19-10-5-6-13-23(19)28-24(20)21;3*1-4(6)3-5(2)7;;;/h3-10,12-19H,1-2H3;1-15,17-19H;2-11,13-15H,1H3;3*3,6H,1-2H3;;;/q3*-1;;;;;;. The summed E-state index contributed by atoms with van der Waals surface area (Å²) < 4.78 is 18.7. The summed E-state index contributed by atoms with van der Waals surface area (Å²) in [5.41, 5.74) is 23.1. The molecule has 0 aliphatic heterocycles. The zero-order valence-electron chi connectivity index (χ0n) is 68.2. The molecule has 3 N–H and O–H groups in total. The number of carbonyl (C=O) groups is 3. The van der Waals surface area contributed by atoms with Crippen molar-refractivity contribution >= 4 is 148 Å². The maximum Gasteiger partial charge on any atom is 0.155 e. The van der Waals surface area contributed by atoms with E-state index in [4.69, 9.17) is 43.5 Å². The molecule has 20 aromatic rings. The Hall–Kier alpha value is -12.3. The van der Waals surface area contributed by atoms with Crippen molar-refractivity contribution in [2.75, 3.05) is 0 Å². The number of pyridine rings is 3. The van der Waals surface area contributed by atoms with Crippen molar-refractivity contribution in [1.82, 2.24) is 15.0 Å². The molecule has 9 aromatic heterocycles. The monoisotopic (exact) mass is 2200 g/mol. The Morgan fingerprint density at radius 1 is 0.325 bits per heavy atom. The van der Waals surface area contributed by atoms with Crippen molar-refractivity contribution in [2.45, 2.75) is 62.3 Å². The molecule has 0 saturated heterocycles. The minimum Gasteiger partial charge on any atom is -0.512 e. The summed E-state index contributed by atoms with van der Waals surface area (Å²) in [6, 6.07) is 109. The molecule has 18 heteroatoms. The molecule has 0 aliphatic rings.